The number of phenols is 1. The Morgan fingerprint density at radius 1 is 0.926 bits per heavy atom. The van der Waals surface area contributed by atoms with E-state index in [1.54, 1.807) is 0 Å². The zero-order valence-corrected chi connectivity index (χ0v) is 16.4. The summed E-state index contributed by atoms with van der Waals surface area (Å²) in [5, 5.41) is 10.6. The molecule has 2 nitrogen and oxygen atoms in total. The Balaban J connectivity index is 2.62. The molecule has 0 heterocycles. The molecule has 0 bridgehead atoms. The maximum atomic E-state index is 12.9. The number of phenolic OH excluding ortho intramolecular Hbond substituents is 1. The Morgan fingerprint density at radius 2 is 1.41 bits per heavy atom. The first-order chi connectivity index (χ1) is 12.6. The van der Waals surface area contributed by atoms with Gasteiger partial charge in [0.15, 0.2) is 0 Å². The van der Waals surface area contributed by atoms with Gasteiger partial charge in [0.05, 0.1) is 11.3 Å². The molecule has 5 heteroatoms. The summed E-state index contributed by atoms with van der Waals surface area (Å²) in [7, 11) is 0. The van der Waals surface area contributed by atoms with Crippen molar-refractivity contribution in [2.45, 2.75) is 52.6 Å². The summed E-state index contributed by atoms with van der Waals surface area (Å²) in [6, 6.07) is 8.83. The highest BCUT2D eigenvalue weighted by Gasteiger charge is 2.30. The summed E-state index contributed by atoms with van der Waals surface area (Å²) in [6.07, 6.45) is -4.37. The summed E-state index contributed by atoms with van der Waals surface area (Å²) in [5.41, 5.74) is 3.01. The van der Waals surface area contributed by atoms with Crippen molar-refractivity contribution in [1.29, 1.82) is 0 Å². The third-order valence-corrected chi connectivity index (χ3v) is 4.49. The summed E-state index contributed by atoms with van der Waals surface area (Å²) in [4.78, 5) is 4.54. The minimum atomic E-state index is -4.37. The van der Waals surface area contributed by atoms with E-state index in [4.69, 9.17) is 0 Å². The first kappa shape index (κ1) is 21.0. The molecule has 1 N–H and O–H groups in total. The fourth-order valence-corrected chi connectivity index (χ4v) is 3.02. The van der Waals surface area contributed by atoms with Gasteiger partial charge in [0.1, 0.15) is 5.75 Å². The topological polar surface area (TPSA) is 32.6 Å². The van der Waals surface area contributed by atoms with Gasteiger partial charge >= 0.3 is 6.18 Å². The highest BCUT2D eigenvalue weighted by atomic mass is 19.4. The SMILES string of the molecule is CCN=C(c1ccc(C(F)(F)F)cc1)c1cc(C(C)C)c(O)c(C(C)C)c1. The first-order valence-electron chi connectivity index (χ1n) is 9.15. The fourth-order valence-electron chi connectivity index (χ4n) is 3.02. The Labute approximate surface area is 158 Å². The predicted molar refractivity (Wildman–Crippen MR) is 104 cm³/mol. The number of hydrogen-bond donors (Lipinski definition) is 1. The van der Waals surface area contributed by atoms with E-state index in [2.05, 4.69) is 4.99 Å². The van der Waals surface area contributed by atoms with Gasteiger partial charge in [-0.3, -0.25) is 4.99 Å². The molecule has 0 aliphatic rings. The van der Waals surface area contributed by atoms with Crippen molar-refractivity contribution in [1.82, 2.24) is 0 Å². The quantitative estimate of drug-likeness (QED) is 0.592. The predicted octanol–water partition coefficient (Wildman–Crippen LogP) is 6.52. The molecular formula is C22H26F3NO. The lowest BCUT2D eigenvalue weighted by Gasteiger charge is -2.19. The number of hydrogen-bond acceptors (Lipinski definition) is 2. The average molecular weight is 377 g/mol. The minimum absolute atomic E-state index is 0.109. The fraction of sp³-hybridized carbons (Fsp3) is 0.409. The van der Waals surface area contributed by atoms with Gasteiger partial charge in [-0.25, -0.2) is 0 Å². The van der Waals surface area contributed by atoms with E-state index in [1.807, 2.05) is 46.8 Å². The van der Waals surface area contributed by atoms with E-state index < -0.39 is 11.7 Å². The smallest absolute Gasteiger partial charge is 0.416 e. The van der Waals surface area contributed by atoms with Crippen LogP contribution in [0, 0.1) is 0 Å². The number of aromatic hydroxyl groups is 1. The standard InChI is InChI=1S/C22H26F3NO/c1-6-26-20(15-7-9-17(10-8-15)22(23,24)25)16-11-18(13(2)3)21(27)19(12-16)14(4)5/h7-14,27H,6H2,1-5H3. The monoisotopic (exact) mass is 377 g/mol. The van der Waals surface area contributed by atoms with Gasteiger partial charge in [-0.05, 0) is 54.2 Å². The second kappa shape index (κ2) is 8.15. The molecule has 0 radical (unpaired) electrons. The van der Waals surface area contributed by atoms with Gasteiger partial charge in [-0.2, -0.15) is 13.2 Å². The van der Waals surface area contributed by atoms with Crippen LogP contribution in [0.4, 0.5) is 13.2 Å². The molecule has 0 aliphatic carbocycles. The Morgan fingerprint density at radius 3 is 1.78 bits per heavy atom. The second-order valence-electron chi connectivity index (χ2n) is 7.21. The van der Waals surface area contributed by atoms with Crippen LogP contribution in [0.5, 0.6) is 5.75 Å². The van der Waals surface area contributed by atoms with Crippen LogP contribution in [0.2, 0.25) is 0 Å². The molecule has 0 aliphatic heterocycles. The maximum Gasteiger partial charge on any atom is 0.416 e. The van der Waals surface area contributed by atoms with Crippen molar-refractivity contribution in [3.63, 3.8) is 0 Å². The molecule has 0 aromatic heterocycles. The zero-order chi connectivity index (χ0) is 20.4. The highest BCUT2D eigenvalue weighted by molar-refractivity contribution is 6.13. The Bertz CT molecular complexity index is 789. The van der Waals surface area contributed by atoms with Crippen molar-refractivity contribution in [3.05, 3.63) is 64.2 Å². The van der Waals surface area contributed by atoms with Gasteiger partial charge in [-0.1, -0.05) is 39.8 Å². The van der Waals surface area contributed by atoms with Crippen LogP contribution in [0.3, 0.4) is 0 Å². The number of benzene rings is 2. The van der Waals surface area contributed by atoms with E-state index in [0.29, 0.717) is 17.8 Å². The number of rotatable bonds is 5. The van der Waals surface area contributed by atoms with Crippen LogP contribution >= 0.6 is 0 Å². The van der Waals surface area contributed by atoms with E-state index >= 15 is 0 Å². The van der Waals surface area contributed by atoms with Crippen LogP contribution in [0.15, 0.2) is 41.4 Å². The van der Waals surface area contributed by atoms with Crippen LogP contribution in [0.25, 0.3) is 0 Å². The van der Waals surface area contributed by atoms with Crippen LogP contribution < -0.4 is 0 Å². The summed E-state index contributed by atoms with van der Waals surface area (Å²) >= 11 is 0. The molecule has 2 rings (SSSR count). The average Bonchev–Trinajstić information content (AvgIpc) is 2.59. The van der Waals surface area contributed by atoms with Gasteiger partial charge in [0, 0.05) is 17.7 Å². The molecule has 0 amide bonds. The first-order valence-corrected chi connectivity index (χ1v) is 9.15. The van der Waals surface area contributed by atoms with Crippen LogP contribution in [-0.4, -0.2) is 17.4 Å². The normalized spacial score (nSPS) is 12.9. The van der Waals surface area contributed by atoms with Gasteiger partial charge < -0.3 is 5.11 Å². The van der Waals surface area contributed by atoms with E-state index in [-0.39, 0.29) is 17.6 Å². The number of halogens is 3. The number of nitrogens with zero attached hydrogens (tertiary/aromatic N) is 1. The van der Waals surface area contributed by atoms with E-state index in [9.17, 15) is 18.3 Å². The molecular weight excluding hydrogens is 351 g/mol. The van der Waals surface area contributed by atoms with E-state index in [1.165, 1.54) is 12.1 Å². The molecule has 0 unspecified atom stereocenters. The molecule has 0 saturated heterocycles. The molecule has 27 heavy (non-hydrogen) atoms. The summed E-state index contributed by atoms with van der Waals surface area (Å²) < 4.78 is 38.6. The van der Waals surface area contributed by atoms with Crippen molar-refractivity contribution < 1.29 is 18.3 Å². The lowest BCUT2D eigenvalue weighted by Crippen LogP contribution is -2.09. The maximum absolute atomic E-state index is 12.9. The molecule has 0 atom stereocenters. The molecule has 0 spiro atoms. The largest absolute Gasteiger partial charge is 0.507 e. The van der Waals surface area contributed by atoms with Crippen molar-refractivity contribution in [3.8, 4) is 5.75 Å². The third kappa shape index (κ3) is 4.71. The second-order valence-corrected chi connectivity index (χ2v) is 7.21. The molecule has 2 aromatic rings. The van der Waals surface area contributed by atoms with Gasteiger partial charge in [0.2, 0.25) is 0 Å². The van der Waals surface area contributed by atoms with Crippen molar-refractivity contribution >= 4 is 5.71 Å². The molecule has 146 valence electrons. The number of alkyl halides is 3. The molecule has 0 fully saturated rings. The summed E-state index contributed by atoms with van der Waals surface area (Å²) in [5.74, 6) is 0.503. The van der Waals surface area contributed by atoms with Gasteiger partial charge in [-0.15, -0.1) is 0 Å². The van der Waals surface area contributed by atoms with Gasteiger partial charge in [0.25, 0.3) is 0 Å². The lowest BCUT2D eigenvalue weighted by atomic mass is 9.89. The van der Waals surface area contributed by atoms with Crippen molar-refractivity contribution in [2.24, 2.45) is 4.99 Å². The Hall–Kier alpha value is -2.30. The molecule has 2 aromatic carbocycles. The van der Waals surface area contributed by atoms with Crippen LogP contribution in [0.1, 0.15) is 74.3 Å². The van der Waals surface area contributed by atoms with Crippen LogP contribution in [-0.2, 0) is 6.18 Å². The zero-order valence-electron chi connectivity index (χ0n) is 16.4. The number of aliphatic imine (C=N–C) groups is 1. The summed E-state index contributed by atoms with van der Waals surface area (Å²) in [6.45, 7) is 10.4. The lowest BCUT2D eigenvalue weighted by molar-refractivity contribution is -0.137. The minimum Gasteiger partial charge on any atom is -0.507 e. The van der Waals surface area contributed by atoms with Crippen molar-refractivity contribution in [2.75, 3.05) is 6.54 Å². The highest BCUT2D eigenvalue weighted by Crippen LogP contribution is 2.36. The Kier molecular flexibility index (Phi) is 6.34. The third-order valence-electron chi connectivity index (χ3n) is 4.49. The molecule has 0 saturated carbocycles. The van der Waals surface area contributed by atoms with E-state index in [0.717, 1.165) is 28.8 Å².